The lowest BCUT2D eigenvalue weighted by molar-refractivity contribution is -0.215. The summed E-state index contributed by atoms with van der Waals surface area (Å²) in [5, 5.41) is 64.6. The van der Waals surface area contributed by atoms with E-state index in [0.717, 1.165) is 11.6 Å². The summed E-state index contributed by atoms with van der Waals surface area (Å²) < 4.78 is 17.0. The van der Waals surface area contributed by atoms with Gasteiger partial charge < -0.3 is 50.2 Å². The van der Waals surface area contributed by atoms with Crippen LogP contribution in [0.5, 0.6) is 11.5 Å². The first-order valence-corrected chi connectivity index (χ1v) is 15.0. The summed E-state index contributed by atoms with van der Waals surface area (Å²) in [7, 11) is 2.75. The molecule has 1 fully saturated rings. The fraction of sp³-hybridized carbons (Fsp3) is 0.688. The zero-order chi connectivity index (χ0) is 33.9. The van der Waals surface area contributed by atoms with Crippen LogP contribution in [-0.4, -0.2) is 99.6 Å². The molecule has 1 heterocycles. The van der Waals surface area contributed by atoms with Gasteiger partial charge in [-0.1, -0.05) is 33.3 Å². The van der Waals surface area contributed by atoms with Crippen molar-refractivity contribution in [3.8, 4) is 11.5 Å². The van der Waals surface area contributed by atoms with Crippen molar-refractivity contribution in [1.29, 1.82) is 0 Å². The van der Waals surface area contributed by atoms with Crippen LogP contribution in [0.1, 0.15) is 88.2 Å². The number of nitrogens with one attached hydrogen (secondary N) is 1. The van der Waals surface area contributed by atoms with E-state index >= 15 is 0 Å². The number of benzene rings is 1. The van der Waals surface area contributed by atoms with Crippen LogP contribution >= 0.6 is 0 Å². The number of ether oxygens (including phenoxy) is 3. The number of carbonyl (C=O) groups is 2. The number of methoxy groups -OCH3 is 2. The number of carboxylic acids is 1. The lowest BCUT2D eigenvalue weighted by Crippen LogP contribution is -2.59. The average molecular weight is 628 g/mol. The topological polar surface area (TPSA) is 195 Å². The van der Waals surface area contributed by atoms with E-state index in [2.05, 4.69) is 11.9 Å². The van der Waals surface area contributed by atoms with E-state index in [0.29, 0.717) is 12.0 Å². The van der Waals surface area contributed by atoms with Gasteiger partial charge in [0.25, 0.3) is 5.91 Å². The van der Waals surface area contributed by atoms with Crippen molar-refractivity contribution in [2.75, 3.05) is 14.2 Å². The van der Waals surface area contributed by atoms with Gasteiger partial charge in [-0.15, -0.1) is 6.58 Å². The smallest absolute Gasteiger partial charge is 0.339 e. The molecular formula is C32H53NO11. The van der Waals surface area contributed by atoms with Gasteiger partial charge in [0.05, 0.1) is 24.4 Å². The molecule has 12 heteroatoms. The Morgan fingerprint density at radius 1 is 1.16 bits per heavy atom. The van der Waals surface area contributed by atoms with Crippen molar-refractivity contribution in [3.05, 3.63) is 34.9 Å². The lowest BCUT2D eigenvalue weighted by Gasteiger charge is -2.47. The molecule has 7 N–H and O–H groups in total. The van der Waals surface area contributed by atoms with Crippen LogP contribution in [0.25, 0.3) is 0 Å². The Bertz CT molecular complexity index is 1110. The minimum Gasteiger partial charge on any atom is -0.508 e. The van der Waals surface area contributed by atoms with Gasteiger partial charge >= 0.3 is 5.97 Å². The second-order valence-electron chi connectivity index (χ2n) is 11.8. The van der Waals surface area contributed by atoms with Gasteiger partial charge in [-0.2, -0.15) is 0 Å². The highest BCUT2D eigenvalue weighted by Crippen LogP contribution is 2.40. The maximum absolute atomic E-state index is 12.8. The summed E-state index contributed by atoms with van der Waals surface area (Å²) in [5.74, 6) is -2.79. The number of phenolic OH excluding ortho intramolecular Hbond substituents is 1. The highest BCUT2D eigenvalue weighted by atomic mass is 16.6. The van der Waals surface area contributed by atoms with Gasteiger partial charge in [-0.05, 0) is 50.7 Å². The molecule has 0 radical (unpaired) electrons. The Balaban J connectivity index is 0.00000474. The number of aliphatic hydroxyl groups excluding tert-OH is 3. The molecule has 252 valence electrons. The number of hydrogen-bond donors (Lipinski definition) is 7. The van der Waals surface area contributed by atoms with Gasteiger partial charge in [0.2, 0.25) is 0 Å². The molecule has 0 bridgehead atoms. The molecule has 12 nitrogen and oxygen atoms in total. The third-order valence-corrected chi connectivity index (χ3v) is 8.16. The Morgan fingerprint density at radius 3 is 2.30 bits per heavy atom. The van der Waals surface area contributed by atoms with Crippen molar-refractivity contribution in [1.82, 2.24) is 5.32 Å². The van der Waals surface area contributed by atoms with Crippen molar-refractivity contribution in [2.24, 2.45) is 5.41 Å². The molecule has 0 saturated carbocycles. The SMILES string of the molecule is C=C(C)CC(OC)[C@H](O)C(=O)N[C@@H](OC)[C@@H]1C[C@@H](O)C(C)(C)[C@@H](C[C@H](O)CCCc2c(C)c(O)cc(O)c2C(=O)O)O1.CC. The van der Waals surface area contributed by atoms with E-state index in [-0.39, 0.29) is 49.0 Å². The predicted octanol–water partition coefficient (Wildman–Crippen LogP) is 3.18. The maximum atomic E-state index is 12.8. The number of hydrogen-bond acceptors (Lipinski definition) is 10. The number of aromatic hydroxyl groups is 2. The zero-order valence-corrected chi connectivity index (χ0v) is 27.3. The van der Waals surface area contributed by atoms with E-state index in [4.69, 9.17) is 14.2 Å². The lowest BCUT2D eigenvalue weighted by atomic mass is 9.74. The summed E-state index contributed by atoms with van der Waals surface area (Å²) in [6.07, 6.45) is -5.14. The van der Waals surface area contributed by atoms with E-state index in [1.54, 1.807) is 13.8 Å². The van der Waals surface area contributed by atoms with Crippen LogP contribution in [0, 0.1) is 12.3 Å². The number of aliphatic hydroxyl groups is 3. The number of carboxylic acid groups (broad SMARTS) is 1. The molecular weight excluding hydrogens is 574 g/mol. The molecule has 1 aliphatic heterocycles. The quantitative estimate of drug-likeness (QED) is 0.111. The van der Waals surface area contributed by atoms with Gasteiger partial charge in [-0.3, -0.25) is 4.79 Å². The second kappa shape index (κ2) is 17.7. The predicted molar refractivity (Wildman–Crippen MR) is 165 cm³/mol. The van der Waals surface area contributed by atoms with Crippen LogP contribution < -0.4 is 5.32 Å². The number of aromatic carboxylic acids is 1. The molecule has 1 unspecified atom stereocenters. The van der Waals surface area contributed by atoms with Crippen LogP contribution in [0.3, 0.4) is 0 Å². The third-order valence-electron chi connectivity index (χ3n) is 8.16. The largest absolute Gasteiger partial charge is 0.508 e. The molecule has 7 atom stereocenters. The zero-order valence-electron chi connectivity index (χ0n) is 27.3. The van der Waals surface area contributed by atoms with Gasteiger partial charge in [0.1, 0.15) is 23.2 Å². The molecule has 1 aromatic carbocycles. The maximum Gasteiger partial charge on any atom is 0.339 e. The van der Waals surface area contributed by atoms with Gasteiger partial charge in [0, 0.05) is 38.5 Å². The number of carbonyl (C=O) groups excluding carboxylic acids is 1. The average Bonchev–Trinajstić information content (AvgIpc) is 2.95. The van der Waals surface area contributed by atoms with Gasteiger partial charge in [-0.25, -0.2) is 4.79 Å². The summed E-state index contributed by atoms with van der Waals surface area (Å²) in [4.78, 5) is 24.5. The van der Waals surface area contributed by atoms with E-state index in [1.165, 1.54) is 14.2 Å². The monoisotopic (exact) mass is 627 g/mol. The minimum absolute atomic E-state index is 0.131. The van der Waals surface area contributed by atoms with Crippen molar-refractivity contribution in [3.63, 3.8) is 0 Å². The molecule has 0 spiro atoms. The Labute approximate surface area is 260 Å². The van der Waals surface area contributed by atoms with Crippen LogP contribution in [-0.2, 0) is 25.4 Å². The normalized spacial score (nSPS) is 22.1. The highest BCUT2D eigenvalue weighted by molar-refractivity contribution is 5.93. The van der Waals surface area contributed by atoms with Crippen LogP contribution in [0.15, 0.2) is 18.2 Å². The third kappa shape index (κ3) is 10.1. The van der Waals surface area contributed by atoms with Gasteiger partial charge in [0.15, 0.2) is 12.3 Å². The second-order valence-corrected chi connectivity index (χ2v) is 11.8. The standard InChI is InChI=1S/C30H47NO11.C2H6/c1-15(2)11-21(40-6)26(36)27(37)31-28(41-7)22-14-23(35)30(4,5)24(42-22)12-17(32)9-8-10-18-16(3)19(33)13-20(34)25(18)29(38)39;1-2/h13,17,21-24,26,28,32-36H,1,8-12,14H2,2-7H3,(H,31,37)(H,38,39);1-2H3/t17-,21?,22+,23-,24-,26+,28+;/m1./s1. The van der Waals surface area contributed by atoms with Crippen molar-refractivity contribution >= 4 is 11.9 Å². The minimum atomic E-state index is -1.49. The number of amides is 1. The summed E-state index contributed by atoms with van der Waals surface area (Å²) >= 11 is 0. The first-order valence-electron chi connectivity index (χ1n) is 15.0. The molecule has 1 amide bonds. The number of phenols is 2. The Hall–Kier alpha value is -2.74. The molecule has 1 saturated heterocycles. The summed E-state index contributed by atoms with van der Waals surface area (Å²) in [5.41, 5.74) is 0.327. The first kappa shape index (κ1) is 39.3. The van der Waals surface area contributed by atoms with Crippen molar-refractivity contribution in [2.45, 2.75) is 123 Å². The molecule has 0 aromatic heterocycles. The van der Waals surface area contributed by atoms with Crippen molar-refractivity contribution < 1.29 is 54.4 Å². The number of rotatable bonds is 15. The van der Waals surface area contributed by atoms with E-state index in [9.17, 15) is 40.2 Å². The van der Waals surface area contributed by atoms with E-state index in [1.807, 2.05) is 27.7 Å². The van der Waals surface area contributed by atoms with Crippen LogP contribution in [0.2, 0.25) is 0 Å². The fourth-order valence-corrected chi connectivity index (χ4v) is 5.34. The Morgan fingerprint density at radius 2 is 1.77 bits per heavy atom. The molecule has 0 aliphatic carbocycles. The fourth-order valence-electron chi connectivity index (χ4n) is 5.34. The molecule has 1 aliphatic rings. The first-order chi connectivity index (χ1) is 20.5. The Kier molecular flexibility index (Phi) is 15.8. The summed E-state index contributed by atoms with van der Waals surface area (Å²) in [6.45, 7) is 14.7. The van der Waals surface area contributed by atoms with E-state index < -0.39 is 65.9 Å². The molecule has 44 heavy (non-hydrogen) atoms. The summed E-state index contributed by atoms with van der Waals surface area (Å²) in [6, 6.07) is 0.996. The molecule has 1 aromatic rings. The van der Waals surface area contributed by atoms with Crippen LogP contribution in [0.4, 0.5) is 0 Å². The molecule has 2 rings (SSSR count). The highest BCUT2D eigenvalue weighted by Gasteiger charge is 2.47.